The minimum atomic E-state index is -1.26. The maximum Gasteiger partial charge on any atom is 0.410 e. The van der Waals surface area contributed by atoms with Gasteiger partial charge in [-0.05, 0) is 32.8 Å². The Labute approximate surface area is 187 Å². The number of nitrogens with zero attached hydrogens (tertiary/aromatic N) is 2. The standard InChI is InChI=1S/C22H31N3O7/c1-22(2,3)32-20(29)23-17(14-18(26)27)19(28)24-10-7-11-25(13-12-24)21(30)31-15-16-8-5-4-6-9-16/h4-6,8-9,17H,7,10-15H2,1-3H3,(H,23,29)(H,26,27)/t17-/m0/s1. The van der Waals surface area contributed by atoms with Gasteiger partial charge in [-0.25, -0.2) is 9.59 Å². The maximum atomic E-state index is 12.9. The van der Waals surface area contributed by atoms with Gasteiger partial charge in [0.2, 0.25) is 5.91 Å². The molecule has 1 saturated heterocycles. The summed E-state index contributed by atoms with van der Waals surface area (Å²) in [5.74, 6) is -1.75. The number of hydrogen-bond donors (Lipinski definition) is 2. The Morgan fingerprint density at radius 3 is 2.28 bits per heavy atom. The van der Waals surface area contributed by atoms with Crippen molar-refractivity contribution in [1.29, 1.82) is 0 Å². The molecule has 0 bridgehead atoms. The van der Waals surface area contributed by atoms with E-state index in [4.69, 9.17) is 14.6 Å². The van der Waals surface area contributed by atoms with Gasteiger partial charge in [-0.2, -0.15) is 0 Å². The average molecular weight is 450 g/mol. The second kappa shape index (κ2) is 11.4. The lowest BCUT2D eigenvalue weighted by Gasteiger charge is -2.27. The van der Waals surface area contributed by atoms with E-state index < -0.39 is 42.1 Å². The summed E-state index contributed by atoms with van der Waals surface area (Å²) in [4.78, 5) is 51.6. The van der Waals surface area contributed by atoms with E-state index in [9.17, 15) is 19.2 Å². The van der Waals surface area contributed by atoms with Crippen molar-refractivity contribution >= 4 is 24.1 Å². The van der Waals surface area contributed by atoms with E-state index >= 15 is 0 Å². The summed E-state index contributed by atoms with van der Waals surface area (Å²) in [5.41, 5.74) is 0.0848. The molecule has 176 valence electrons. The molecule has 1 heterocycles. The van der Waals surface area contributed by atoms with Gasteiger partial charge < -0.3 is 29.7 Å². The third-order valence-electron chi connectivity index (χ3n) is 4.64. The molecule has 1 atom stereocenters. The highest BCUT2D eigenvalue weighted by molar-refractivity contribution is 5.89. The number of hydrogen-bond acceptors (Lipinski definition) is 6. The molecule has 2 rings (SSSR count). The highest BCUT2D eigenvalue weighted by atomic mass is 16.6. The third-order valence-corrected chi connectivity index (χ3v) is 4.64. The average Bonchev–Trinajstić information content (AvgIpc) is 2.96. The first kappa shape index (κ1) is 25.0. The zero-order valence-electron chi connectivity index (χ0n) is 18.7. The summed E-state index contributed by atoms with van der Waals surface area (Å²) in [5, 5.41) is 11.5. The summed E-state index contributed by atoms with van der Waals surface area (Å²) >= 11 is 0. The highest BCUT2D eigenvalue weighted by Gasteiger charge is 2.31. The highest BCUT2D eigenvalue weighted by Crippen LogP contribution is 2.11. The van der Waals surface area contributed by atoms with E-state index in [1.165, 1.54) is 9.80 Å². The van der Waals surface area contributed by atoms with Crippen molar-refractivity contribution in [2.24, 2.45) is 0 Å². The molecule has 0 unspecified atom stereocenters. The molecule has 0 aromatic heterocycles. The van der Waals surface area contributed by atoms with E-state index in [-0.39, 0.29) is 19.7 Å². The normalized spacial score (nSPS) is 15.3. The molecule has 10 nitrogen and oxygen atoms in total. The fraction of sp³-hybridized carbons (Fsp3) is 0.545. The van der Waals surface area contributed by atoms with Gasteiger partial charge in [-0.1, -0.05) is 30.3 Å². The van der Waals surface area contributed by atoms with Crippen molar-refractivity contribution in [1.82, 2.24) is 15.1 Å². The third kappa shape index (κ3) is 8.44. The fourth-order valence-electron chi connectivity index (χ4n) is 3.18. The number of nitrogens with one attached hydrogen (secondary N) is 1. The van der Waals surface area contributed by atoms with Gasteiger partial charge in [-0.3, -0.25) is 9.59 Å². The van der Waals surface area contributed by atoms with Crippen molar-refractivity contribution < 1.29 is 33.8 Å². The van der Waals surface area contributed by atoms with Crippen LogP contribution in [0, 0.1) is 0 Å². The van der Waals surface area contributed by atoms with Gasteiger partial charge in [0, 0.05) is 26.2 Å². The summed E-state index contributed by atoms with van der Waals surface area (Å²) in [7, 11) is 0. The lowest BCUT2D eigenvalue weighted by Crippen LogP contribution is -2.51. The first-order valence-corrected chi connectivity index (χ1v) is 10.5. The Morgan fingerprint density at radius 1 is 1.03 bits per heavy atom. The van der Waals surface area contributed by atoms with Gasteiger partial charge in [-0.15, -0.1) is 0 Å². The monoisotopic (exact) mass is 449 g/mol. The predicted octanol–water partition coefficient (Wildman–Crippen LogP) is 2.23. The molecule has 0 radical (unpaired) electrons. The SMILES string of the molecule is CC(C)(C)OC(=O)N[C@@H](CC(=O)O)C(=O)N1CCCN(C(=O)OCc2ccccc2)CC1. The van der Waals surface area contributed by atoms with Crippen LogP contribution in [0.25, 0.3) is 0 Å². The van der Waals surface area contributed by atoms with Crippen LogP contribution >= 0.6 is 0 Å². The van der Waals surface area contributed by atoms with Crippen molar-refractivity contribution in [2.45, 2.75) is 51.9 Å². The molecule has 0 spiro atoms. The topological polar surface area (TPSA) is 125 Å². The molecule has 0 aliphatic carbocycles. The van der Waals surface area contributed by atoms with Crippen LogP contribution in [0.5, 0.6) is 0 Å². The van der Waals surface area contributed by atoms with Crippen LogP contribution in [0.15, 0.2) is 30.3 Å². The number of carboxylic acids is 1. The van der Waals surface area contributed by atoms with Crippen LogP contribution in [0.4, 0.5) is 9.59 Å². The molecule has 1 aliphatic rings. The smallest absolute Gasteiger partial charge is 0.410 e. The van der Waals surface area contributed by atoms with Crippen molar-refractivity contribution in [3.05, 3.63) is 35.9 Å². The van der Waals surface area contributed by atoms with Crippen LogP contribution in [-0.4, -0.2) is 76.8 Å². The minimum Gasteiger partial charge on any atom is -0.481 e. The van der Waals surface area contributed by atoms with Crippen molar-refractivity contribution in [3.8, 4) is 0 Å². The van der Waals surface area contributed by atoms with Gasteiger partial charge in [0.05, 0.1) is 6.42 Å². The number of alkyl carbamates (subject to hydrolysis) is 1. The summed E-state index contributed by atoms with van der Waals surface area (Å²) < 4.78 is 10.5. The van der Waals surface area contributed by atoms with Gasteiger partial charge in [0.15, 0.2) is 0 Å². The lowest BCUT2D eigenvalue weighted by molar-refractivity contribution is -0.142. The van der Waals surface area contributed by atoms with Gasteiger partial charge in [0.1, 0.15) is 18.2 Å². The van der Waals surface area contributed by atoms with Crippen LogP contribution < -0.4 is 5.32 Å². The number of carbonyl (C=O) groups excluding carboxylic acids is 3. The number of ether oxygens (including phenoxy) is 2. The number of rotatable bonds is 6. The van der Waals surface area contributed by atoms with E-state index in [2.05, 4.69) is 5.32 Å². The van der Waals surface area contributed by atoms with E-state index in [1.54, 1.807) is 20.8 Å². The Balaban J connectivity index is 1.93. The zero-order chi connectivity index (χ0) is 23.7. The molecular formula is C22H31N3O7. The molecular weight excluding hydrogens is 418 g/mol. The number of benzene rings is 1. The minimum absolute atomic E-state index is 0.152. The van der Waals surface area contributed by atoms with Crippen molar-refractivity contribution in [3.63, 3.8) is 0 Å². The molecule has 2 N–H and O–H groups in total. The molecule has 0 saturated carbocycles. The number of amides is 3. The first-order valence-electron chi connectivity index (χ1n) is 10.5. The summed E-state index contributed by atoms with van der Waals surface area (Å²) in [6.45, 7) is 6.33. The molecule has 32 heavy (non-hydrogen) atoms. The second-order valence-corrected chi connectivity index (χ2v) is 8.50. The fourth-order valence-corrected chi connectivity index (χ4v) is 3.18. The Morgan fingerprint density at radius 2 is 1.66 bits per heavy atom. The molecule has 1 aromatic carbocycles. The maximum absolute atomic E-state index is 12.9. The van der Waals surface area contributed by atoms with Crippen molar-refractivity contribution in [2.75, 3.05) is 26.2 Å². The number of aliphatic carboxylic acids is 1. The number of carboxylic acid groups (broad SMARTS) is 1. The zero-order valence-corrected chi connectivity index (χ0v) is 18.7. The van der Waals surface area contributed by atoms with Gasteiger partial charge in [0.25, 0.3) is 0 Å². The Hall–Kier alpha value is -3.30. The van der Waals surface area contributed by atoms with Crippen LogP contribution in [-0.2, 0) is 25.7 Å². The summed E-state index contributed by atoms with van der Waals surface area (Å²) in [6, 6.07) is 8.04. The second-order valence-electron chi connectivity index (χ2n) is 8.50. The quantitative estimate of drug-likeness (QED) is 0.682. The molecule has 10 heteroatoms. The first-order chi connectivity index (χ1) is 15.0. The largest absolute Gasteiger partial charge is 0.481 e. The van der Waals surface area contributed by atoms with E-state index in [0.717, 1.165) is 5.56 Å². The van der Waals surface area contributed by atoms with Crippen LogP contribution in [0.2, 0.25) is 0 Å². The molecule has 3 amide bonds. The molecule has 1 aromatic rings. The van der Waals surface area contributed by atoms with Crippen LogP contribution in [0.1, 0.15) is 39.2 Å². The van der Waals surface area contributed by atoms with E-state index in [1.807, 2.05) is 30.3 Å². The van der Waals surface area contributed by atoms with Gasteiger partial charge >= 0.3 is 18.2 Å². The molecule has 1 fully saturated rings. The predicted molar refractivity (Wildman–Crippen MR) is 115 cm³/mol. The Bertz CT molecular complexity index is 807. The van der Waals surface area contributed by atoms with Crippen LogP contribution in [0.3, 0.4) is 0 Å². The summed E-state index contributed by atoms with van der Waals surface area (Å²) in [6.07, 6.45) is -1.41. The number of carbonyl (C=O) groups is 4. The lowest BCUT2D eigenvalue weighted by atomic mass is 10.1. The Kier molecular flexibility index (Phi) is 8.86. The molecule has 1 aliphatic heterocycles. The van der Waals surface area contributed by atoms with E-state index in [0.29, 0.717) is 19.5 Å².